The van der Waals surface area contributed by atoms with Crippen LogP contribution in [-0.2, 0) is 6.54 Å². The Morgan fingerprint density at radius 1 is 1.33 bits per heavy atom. The third-order valence-electron chi connectivity index (χ3n) is 2.90. The lowest BCUT2D eigenvalue weighted by molar-refractivity contribution is 0.153. The summed E-state index contributed by atoms with van der Waals surface area (Å²) in [6.07, 6.45) is -2.48. The summed E-state index contributed by atoms with van der Waals surface area (Å²) in [6, 6.07) is 5.35. The highest BCUT2D eigenvalue weighted by molar-refractivity contribution is 6.33. The van der Waals surface area contributed by atoms with Crippen molar-refractivity contribution in [1.82, 2.24) is 5.32 Å². The summed E-state index contributed by atoms with van der Waals surface area (Å²) in [7, 11) is 0. The minimum Gasteiger partial charge on any atom is -0.395 e. The van der Waals surface area contributed by atoms with E-state index in [1.165, 1.54) is 4.90 Å². The van der Waals surface area contributed by atoms with Crippen LogP contribution in [0.15, 0.2) is 18.2 Å². The molecule has 0 heterocycles. The van der Waals surface area contributed by atoms with Crippen LogP contribution in [0.4, 0.5) is 14.5 Å². The van der Waals surface area contributed by atoms with Gasteiger partial charge in [-0.15, -0.1) is 0 Å². The van der Waals surface area contributed by atoms with E-state index in [-0.39, 0.29) is 18.7 Å². The Hall–Kier alpha value is -0.910. The number of aliphatic hydroxyl groups is 1. The molecule has 0 aliphatic heterocycles. The number of benzene rings is 1. The minimum absolute atomic E-state index is 0.0102. The molecule has 0 spiro atoms. The predicted molar refractivity (Wildman–Crippen MR) is 83.3 cm³/mol. The fourth-order valence-corrected chi connectivity index (χ4v) is 2.20. The van der Waals surface area contributed by atoms with Crippen molar-refractivity contribution in [3.05, 3.63) is 28.8 Å². The van der Waals surface area contributed by atoms with Gasteiger partial charge >= 0.3 is 0 Å². The third kappa shape index (κ3) is 6.59. The summed E-state index contributed by atoms with van der Waals surface area (Å²) in [5.74, 6) is 0. The van der Waals surface area contributed by atoms with Crippen molar-refractivity contribution in [2.24, 2.45) is 0 Å². The van der Waals surface area contributed by atoms with Crippen molar-refractivity contribution >= 4 is 17.3 Å². The van der Waals surface area contributed by atoms with Gasteiger partial charge in [0.2, 0.25) is 0 Å². The Kier molecular flexibility index (Phi) is 6.84. The largest absolute Gasteiger partial charge is 0.395 e. The average Bonchev–Trinajstić information content (AvgIpc) is 2.34. The first-order valence-corrected chi connectivity index (χ1v) is 7.28. The molecule has 0 fully saturated rings. The molecule has 3 nitrogen and oxygen atoms in total. The number of alkyl halides is 2. The molecule has 0 unspecified atom stereocenters. The van der Waals surface area contributed by atoms with Crippen LogP contribution < -0.4 is 10.2 Å². The van der Waals surface area contributed by atoms with Crippen LogP contribution in [0, 0.1) is 0 Å². The zero-order valence-corrected chi connectivity index (χ0v) is 13.4. The number of anilines is 1. The van der Waals surface area contributed by atoms with Crippen molar-refractivity contribution in [1.29, 1.82) is 0 Å². The summed E-state index contributed by atoms with van der Waals surface area (Å²) >= 11 is 6.20. The van der Waals surface area contributed by atoms with E-state index in [1.54, 1.807) is 12.1 Å². The smallest absolute Gasteiger partial charge is 0.255 e. The predicted octanol–water partition coefficient (Wildman–Crippen LogP) is 3.29. The highest BCUT2D eigenvalue weighted by atomic mass is 35.5. The van der Waals surface area contributed by atoms with E-state index in [4.69, 9.17) is 16.7 Å². The molecule has 0 saturated carbocycles. The van der Waals surface area contributed by atoms with Gasteiger partial charge in [-0.25, -0.2) is 8.78 Å². The standard InChI is InChI=1S/C15H23ClF2N2O/c1-15(2,3)19-9-11-4-5-13(12(16)8-11)20(6-7-21)10-14(17)18/h4-5,8,14,19,21H,6-7,9-10H2,1-3H3. The van der Waals surface area contributed by atoms with E-state index < -0.39 is 13.0 Å². The Morgan fingerprint density at radius 2 is 2.00 bits per heavy atom. The maximum absolute atomic E-state index is 12.6. The van der Waals surface area contributed by atoms with Gasteiger partial charge in [-0.1, -0.05) is 17.7 Å². The zero-order chi connectivity index (χ0) is 16.0. The monoisotopic (exact) mass is 320 g/mol. The zero-order valence-electron chi connectivity index (χ0n) is 12.7. The normalized spacial score (nSPS) is 12.0. The maximum Gasteiger partial charge on any atom is 0.255 e. The Labute approximate surface area is 129 Å². The molecule has 0 radical (unpaired) electrons. The second-order valence-corrected chi connectivity index (χ2v) is 6.36. The van der Waals surface area contributed by atoms with Crippen LogP contribution in [0.25, 0.3) is 0 Å². The number of halogens is 3. The van der Waals surface area contributed by atoms with Crippen LogP contribution in [0.2, 0.25) is 5.02 Å². The summed E-state index contributed by atoms with van der Waals surface area (Å²) in [6.45, 7) is 6.33. The third-order valence-corrected chi connectivity index (χ3v) is 3.21. The molecule has 1 aromatic carbocycles. The number of nitrogens with zero attached hydrogens (tertiary/aromatic N) is 1. The van der Waals surface area contributed by atoms with Gasteiger partial charge in [0.15, 0.2) is 0 Å². The SMILES string of the molecule is CC(C)(C)NCc1ccc(N(CCO)CC(F)F)c(Cl)c1. The molecule has 1 aromatic rings. The lowest BCUT2D eigenvalue weighted by Gasteiger charge is -2.25. The quantitative estimate of drug-likeness (QED) is 0.809. The first kappa shape index (κ1) is 18.1. The molecule has 120 valence electrons. The van der Waals surface area contributed by atoms with E-state index in [1.807, 2.05) is 6.07 Å². The van der Waals surface area contributed by atoms with Crippen LogP contribution in [0.1, 0.15) is 26.3 Å². The molecular formula is C15H23ClF2N2O. The number of aliphatic hydroxyl groups excluding tert-OH is 1. The molecule has 6 heteroatoms. The first-order valence-electron chi connectivity index (χ1n) is 6.90. The molecule has 0 aromatic heterocycles. The molecule has 0 amide bonds. The average molecular weight is 321 g/mol. The van der Waals surface area contributed by atoms with Crippen LogP contribution in [0.3, 0.4) is 0 Å². The molecule has 0 aliphatic rings. The van der Waals surface area contributed by atoms with Gasteiger partial charge in [-0.2, -0.15) is 0 Å². The second kappa shape index (κ2) is 7.92. The van der Waals surface area contributed by atoms with E-state index in [0.717, 1.165) is 5.56 Å². The lowest BCUT2D eigenvalue weighted by atomic mass is 10.1. The molecule has 0 bridgehead atoms. The Bertz CT molecular complexity index is 450. The fraction of sp³-hybridized carbons (Fsp3) is 0.600. The fourth-order valence-electron chi connectivity index (χ4n) is 1.88. The van der Waals surface area contributed by atoms with Crippen molar-refractivity contribution in [2.75, 3.05) is 24.6 Å². The van der Waals surface area contributed by atoms with Crippen molar-refractivity contribution in [3.63, 3.8) is 0 Å². The van der Waals surface area contributed by atoms with Crippen molar-refractivity contribution in [2.45, 2.75) is 39.3 Å². The van der Waals surface area contributed by atoms with Gasteiger partial charge in [0.05, 0.1) is 23.9 Å². The van der Waals surface area contributed by atoms with E-state index >= 15 is 0 Å². The van der Waals surface area contributed by atoms with Crippen LogP contribution >= 0.6 is 11.6 Å². The molecule has 0 aliphatic carbocycles. The van der Waals surface area contributed by atoms with Gasteiger partial charge in [0.1, 0.15) is 0 Å². The topological polar surface area (TPSA) is 35.5 Å². The number of nitrogens with one attached hydrogen (secondary N) is 1. The van der Waals surface area contributed by atoms with Crippen molar-refractivity contribution in [3.8, 4) is 0 Å². The number of hydrogen-bond acceptors (Lipinski definition) is 3. The molecule has 2 N–H and O–H groups in total. The summed E-state index contributed by atoms with van der Waals surface area (Å²) < 4.78 is 25.2. The van der Waals surface area contributed by atoms with Gasteiger partial charge in [-0.05, 0) is 38.5 Å². The van der Waals surface area contributed by atoms with Gasteiger partial charge < -0.3 is 15.3 Å². The van der Waals surface area contributed by atoms with Gasteiger partial charge in [-0.3, -0.25) is 0 Å². The van der Waals surface area contributed by atoms with Crippen LogP contribution in [-0.4, -0.2) is 36.8 Å². The van der Waals surface area contributed by atoms with E-state index in [0.29, 0.717) is 17.3 Å². The van der Waals surface area contributed by atoms with Gasteiger partial charge in [0.25, 0.3) is 6.43 Å². The first-order chi connectivity index (χ1) is 9.73. The molecule has 1 rings (SSSR count). The molecular weight excluding hydrogens is 298 g/mol. The Morgan fingerprint density at radius 3 is 2.48 bits per heavy atom. The van der Waals surface area contributed by atoms with E-state index in [9.17, 15) is 8.78 Å². The van der Waals surface area contributed by atoms with E-state index in [2.05, 4.69) is 26.1 Å². The summed E-state index contributed by atoms with van der Waals surface area (Å²) in [4.78, 5) is 1.40. The van der Waals surface area contributed by atoms with Gasteiger partial charge in [0, 0.05) is 18.6 Å². The minimum atomic E-state index is -2.48. The lowest BCUT2D eigenvalue weighted by Crippen LogP contribution is -2.35. The molecule has 0 saturated heterocycles. The maximum atomic E-state index is 12.6. The summed E-state index contributed by atoms with van der Waals surface area (Å²) in [5.41, 5.74) is 1.49. The molecule has 0 atom stereocenters. The Balaban J connectivity index is 2.84. The molecule has 21 heavy (non-hydrogen) atoms. The summed E-state index contributed by atoms with van der Waals surface area (Å²) in [5, 5.41) is 12.7. The number of rotatable bonds is 7. The highest BCUT2D eigenvalue weighted by Crippen LogP contribution is 2.27. The van der Waals surface area contributed by atoms with Crippen molar-refractivity contribution < 1.29 is 13.9 Å². The highest BCUT2D eigenvalue weighted by Gasteiger charge is 2.16. The number of hydrogen-bond donors (Lipinski definition) is 2. The van der Waals surface area contributed by atoms with Crippen LogP contribution in [0.5, 0.6) is 0 Å². The second-order valence-electron chi connectivity index (χ2n) is 5.95.